The second kappa shape index (κ2) is 7.67. The van der Waals surface area contributed by atoms with Gasteiger partial charge in [0, 0.05) is 29.6 Å². The molecule has 1 spiro atoms. The molecular formula is C24H23ClN4O4. The van der Waals surface area contributed by atoms with Crippen molar-refractivity contribution < 1.29 is 19.2 Å². The van der Waals surface area contributed by atoms with E-state index in [4.69, 9.17) is 17.3 Å². The van der Waals surface area contributed by atoms with Gasteiger partial charge < -0.3 is 11.1 Å². The predicted molar refractivity (Wildman–Crippen MR) is 121 cm³/mol. The van der Waals surface area contributed by atoms with E-state index in [1.807, 2.05) is 30.3 Å². The number of halogens is 1. The van der Waals surface area contributed by atoms with E-state index in [0.29, 0.717) is 28.3 Å². The highest BCUT2D eigenvalue weighted by Gasteiger charge is 2.70. The van der Waals surface area contributed by atoms with Gasteiger partial charge in [-0.1, -0.05) is 48.0 Å². The van der Waals surface area contributed by atoms with Gasteiger partial charge in [-0.25, -0.2) is 0 Å². The van der Waals surface area contributed by atoms with Crippen molar-refractivity contribution in [3.05, 3.63) is 64.2 Å². The van der Waals surface area contributed by atoms with Gasteiger partial charge in [-0.3, -0.25) is 29.4 Å². The van der Waals surface area contributed by atoms with Crippen LogP contribution in [0.2, 0.25) is 5.02 Å². The number of amides is 4. The van der Waals surface area contributed by atoms with Gasteiger partial charge in [0.15, 0.2) is 0 Å². The van der Waals surface area contributed by atoms with E-state index >= 15 is 0 Å². The third-order valence-corrected chi connectivity index (χ3v) is 7.47. The number of nitrogens with one attached hydrogen (secondary N) is 2. The predicted octanol–water partition coefficient (Wildman–Crippen LogP) is 1.49. The highest BCUT2D eigenvalue weighted by atomic mass is 35.5. The fourth-order valence-corrected chi connectivity index (χ4v) is 5.70. The molecule has 8 nitrogen and oxygen atoms in total. The molecule has 4 N–H and O–H groups in total. The van der Waals surface area contributed by atoms with Gasteiger partial charge in [-0.05, 0) is 30.5 Å². The summed E-state index contributed by atoms with van der Waals surface area (Å²) in [5, 5.41) is 6.51. The summed E-state index contributed by atoms with van der Waals surface area (Å²) in [6, 6.07) is 12.2. The summed E-state index contributed by atoms with van der Waals surface area (Å²) in [4.78, 5) is 53.6. The van der Waals surface area contributed by atoms with Crippen LogP contribution in [0.15, 0.2) is 42.5 Å². The Kier molecular flexibility index (Phi) is 5.02. The van der Waals surface area contributed by atoms with Gasteiger partial charge in [-0.2, -0.15) is 0 Å². The minimum Gasteiger partial charge on any atom is -0.370 e. The second-order valence-corrected chi connectivity index (χ2v) is 9.25. The number of anilines is 1. The Morgan fingerprint density at radius 2 is 1.85 bits per heavy atom. The van der Waals surface area contributed by atoms with E-state index in [9.17, 15) is 19.2 Å². The Morgan fingerprint density at radius 3 is 2.55 bits per heavy atom. The average molecular weight is 467 g/mol. The highest BCUT2D eigenvalue weighted by Crippen LogP contribution is 2.54. The molecule has 0 unspecified atom stereocenters. The molecule has 0 saturated carbocycles. The van der Waals surface area contributed by atoms with Crippen LogP contribution in [0.3, 0.4) is 0 Å². The number of carbonyl (C=O) groups is 4. The zero-order valence-electron chi connectivity index (χ0n) is 17.9. The number of rotatable bonds is 5. The molecule has 2 fully saturated rings. The van der Waals surface area contributed by atoms with Crippen molar-refractivity contribution in [3.63, 3.8) is 0 Å². The lowest BCUT2D eigenvalue weighted by molar-refractivity contribution is -0.142. The number of primary amides is 1. The van der Waals surface area contributed by atoms with Crippen LogP contribution in [0, 0.1) is 18.8 Å². The number of hydrogen-bond donors (Lipinski definition) is 3. The van der Waals surface area contributed by atoms with E-state index in [1.165, 1.54) is 4.90 Å². The summed E-state index contributed by atoms with van der Waals surface area (Å²) in [5.74, 6) is -3.70. The Labute approximate surface area is 195 Å². The minimum absolute atomic E-state index is 0.163. The number of nitrogens with zero attached hydrogens (tertiary/aromatic N) is 1. The molecular weight excluding hydrogens is 444 g/mol. The van der Waals surface area contributed by atoms with Crippen molar-refractivity contribution >= 4 is 40.9 Å². The minimum atomic E-state index is -1.47. The number of imide groups is 1. The molecule has 33 heavy (non-hydrogen) atoms. The van der Waals surface area contributed by atoms with Crippen LogP contribution in [-0.2, 0) is 31.1 Å². The first-order valence-corrected chi connectivity index (χ1v) is 11.2. The fourth-order valence-electron chi connectivity index (χ4n) is 5.55. The monoisotopic (exact) mass is 466 g/mol. The molecule has 3 heterocycles. The number of fused-ring (bicyclic) bond motifs is 4. The summed E-state index contributed by atoms with van der Waals surface area (Å²) in [5.41, 5.74) is 6.74. The summed E-state index contributed by atoms with van der Waals surface area (Å²) in [7, 11) is 0. The Hall–Kier alpha value is -3.23. The standard InChI is InChI=1S/C24H23ClN4O4/c1-12-15(25)8-7-14-20(12)27-23(33)24(14)19-18(16(28-24)11-17(26)30)21(31)29(22(19)32)10-9-13-5-3-2-4-6-13/h2-8,16,18-19,28H,9-11H2,1H3,(H2,26,30)(H,27,33)/t16-,18+,19+,24+/m0/s1. The third kappa shape index (κ3) is 3.08. The second-order valence-electron chi connectivity index (χ2n) is 8.85. The SMILES string of the molecule is Cc1c(Cl)ccc2c1NC(=O)[C@@]21N[C@@H](CC(N)=O)[C@H]2C(=O)N(CCc3ccccc3)C(=O)[C@@H]21. The number of carbonyl (C=O) groups excluding carboxylic acids is 4. The van der Waals surface area contributed by atoms with Crippen molar-refractivity contribution in [2.24, 2.45) is 17.6 Å². The van der Waals surface area contributed by atoms with Crippen molar-refractivity contribution in [2.75, 3.05) is 11.9 Å². The molecule has 3 aliphatic rings. The molecule has 4 amide bonds. The topological polar surface area (TPSA) is 122 Å². The van der Waals surface area contributed by atoms with E-state index in [2.05, 4.69) is 10.6 Å². The van der Waals surface area contributed by atoms with Crippen LogP contribution >= 0.6 is 11.6 Å². The maximum atomic E-state index is 13.7. The van der Waals surface area contributed by atoms with E-state index < -0.39 is 41.1 Å². The van der Waals surface area contributed by atoms with Crippen molar-refractivity contribution in [1.29, 1.82) is 0 Å². The maximum Gasteiger partial charge on any atom is 0.250 e. The molecule has 3 aliphatic heterocycles. The van der Waals surface area contributed by atoms with Gasteiger partial charge in [0.05, 0.1) is 17.5 Å². The lowest BCUT2D eigenvalue weighted by atomic mass is 9.76. The molecule has 170 valence electrons. The summed E-state index contributed by atoms with van der Waals surface area (Å²) < 4.78 is 0. The molecule has 9 heteroatoms. The van der Waals surface area contributed by atoms with Crippen LogP contribution in [0.4, 0.5) is 5.69 Å². The highest BCUT2D eigenvalue weighted by molar-refractivity contribution is 6.32. The van der Waals surface area contributed by atoms with Crippen LogP contribution in [0.25, 0.3) is 0 Å². The molecule has 5 rings (SSSR count). The van der Waals surface area contributed by atoms with E-state index in [1.54, 1.807) is 19.1 Å². The van der Waals surface area contributed by atoms with Crippen LogP contribution in [0.1, 0.15) is 23.1 Å². The smallest absolute Gasteiger partial charge is 0.250 e. The first kappa shape index (κ1) is 21.6. The third-order valence-electron chi connectivity index (χ3n) is 7.06. The largest absolute Gasteiger partial charge is 0.370 e. The first-order valence-electron chi connectivity index (χ1n) is 10.8. The zero-order valence-corrected chi connectivity index (χ0v) is 18.7. The molecule has 0 bridgehead atoms. The van der Waals surface area contributed by atoms with Crippen LogP contribution in [-0.4, -0.2) is 41.1 Å². The lowest BCUT2D eigenvalue weighted by Crippen LogP contribution is -2.53. The lowest BCUT2D eigenvalue weighted by Gasteiger charge is -2.29. The fraction of sp³-hybridized carbons (Fsp3) is 0.333. The van der Waals surface area contributed by atoms with Gasteiger partial charge in [0.1, 0.15) is 5.54 Å². The van der Waals surface area contributed by atoms with E-state index in [-0.39, 0.29) is 18.9 Å². The quantitative estimate of drug-likeness (QED) is 0.576. The van der Waals surface area contributed by atoms with Gasteiger partial charge in [0.25, 0.3) is 0 Å². The summed E-state index contributed by atoms with van der Waals surface area (Å²) in [6.45, 7) is 1.98. The van der Waals surface area contributed by atoms with Crippen molar-refractivity contribution in [3.8, 4) is 0 Å². The Bertz CT molecular complexity index is 1200. The summed E-state index contributed by atoms with van der Waals surface area (Å²) >= 11 is 6.26. The molecule has 2 aromatic rings. The van der Waals surface area contributed by atoms with E-state index in [0.717, 1.165) is 5.56 Å². The number of benzene rings is 2. The molecule has 0 aliphatic carbocycles. The summed E-state index contributed by atoms with van der Waals surface area (Å²) in [6.07, 6.45) is 0.333. The van der Waals surface area contributed by atoms with Crippen molar-refractivity contribution in [1.82, 2.24) is 10.2 Å². The number of likely N-dealkylation sites (tertiary alicyclic amines) is 1. The van der Waals surface area contributed by atoms with Crippen molar-refractivity contribution in [2.45, 2.75) is 31.3 Å². The van der Waals surface area contributed by atoms with Gasteiger partial charge in [-0.15, -0.1) is 0 Å². The molecule has 0 aromatic heterocycles. The maximum absolute atomic E-state index is 13.7. The number of nitrogens with two attached hydrogens (primary N) is 1. The molecule has 0 radical (unpaired) electrons. The van der Waals surface area contributed by atoms with Gasteiger partial charge >= 0.3 is 0 Å². The van der Waals surface area contributed by atoms with Crippen LogP contribution < -0.4 is 16.4 Å². The Balaban J connectivity index is 1.56. The molecule has 2 aromatic carbocycles. The molecule has 2 saturated heterocycles. The average Bonchev–Trinajstić information content (AvgIpc) is 3.35. The zero-order chi connectivity index (χ0) is 23.5. The van der Waals surface area contributed by atoms with Gasteiger partial charge in [0.2, 0.25) is 23.6 Å². The normalized spacial score (nSPS) is 27.8. The van der Waals surface area contributed by atoms with Crippen LogP contribution in [0.5, 0.6) is 0 Å². The molecule has 4 atom stereocenters. The Morgan fingerprint density at radius 1 is 1.12 bits per heavy atom. The first-order chi connectivity index (χ1) is 15.8. The number of hydrogen-bond acceptors (Lipinski definition) is 5.